The zero-order chi connectivity index (χ0) is 11.0. The fraction of sp³-hybridized carbons (Fsp3) is 0. The Bertz CT molecular complexity index is 477. The summed E-state index contributed by atoms with van der Waals surface area (Å²) in [5.41, 5.74) is 0. The maximum atomic E-state index is 10.7. The zero-order valence-electron chi connectivity index (χ0n) is 6.58. The van der Waals surface area contributed by atoms with Crippen molar-refractivity contribution in [1.29, 1.82) is 0 Å². The minimum atomic E-state index is -4.30. The molecule has 0 unspecified atom stereocenters. The zero-order valence-corrected chi connectivity index (χ0v) is 8.97. The first kappa shape index (κ1) is 11.4. The number of halogens is 1. The van der Waals surface area contributed by atoms with E-state index in [4.69, 9.17) is 15.2 Å². The molecular weight excluding hydrogens is 252 g/mol. The van der Waals surface area contributed by atoms with E-state index in [0.29, 0.717) is 0 Å². The summed E-state index contributed by atoms with van der Waals surface area (Å²) in [6.45, 7) is 0. The fourth-order valence-corrected chi connectivity index (χ4v) is 2.02. The molecule has 78 valence electrons. The van der Waals surface area contributed by atoms with Crippen LogP contribution in [-0.2, 0) is 19.2 Å². The predicted octanol–water partition coefficient (Wildman–Crippen LogP) is 0.861. The van der Waals surface area contributed by atoms with E-state index in [2.05, 4.69) is 0 Å². The average Bonchev–Trinajstić information content (AvgIpc) is 2.01. The second-order valence-corrected chi connectivity index (χ2v) is 6.37. The van der Waals surface area contributed by atoms with Crippen LogP contribution in [0.15, 0.2) is 34.1 Å². The first-order valence-corrected chi connectivity index (χ1v) is 6.98. The summed E-state index contributed by atoms with van der Waals surface area (Å²) in [5.74, 6) is 0. The lowest BCUT2D eigenvalue weighted by atomic mass is 10.4. The highest BCUT2D eigenvalue weighted by Crippen LogP contribution is 2.17. The molecule has 0 atom stereocenters. The molecule has 0 aliphatic heterocycles. The topological polar surface area (TPSA) is 88.5 Å². The van der Waals surface area contributed by atoms with Gasteiger partial charge in [0.05, 0.1) is 9.79 Å². The number of rotatable bonds is 2. The Balaban J connectivity index is 3.28. The van der Waals surface area contributed by atoms with Crippen LogP contribution in [0.25, 0.3) is 0 Å². The van der Waals surface area contributed by atoms with E-state index >= 15 is 0 Å². The highest BCUT2D eigenvalue weighted by Gasteiger charge is 2.13. The second kappa shape index (κ2) is 3.50. The summed E-state index contributed by atoms with van der Waals surface area (Å²) in [5, 5.41) is 0. The molecule has 14 heavy (non-hydrogen) atoms. The molecule has 5 nitrogen and oxygen atoms in total. The Kier molecular flexibility index (Phi) is 2.86. The summed E-state index contributed by atoms with van der Waals surface area (Å²) in [6, 6.07) is 3.88. The SMILES string of the molecule is O=S(=O)(O)c1ccc(S(=O)(=O)Cl)cc1. The van der Waals surface area contributed by atoms with Crippen molar-refractivity contribution in [3.8, 4) is 0 Å². The monoisotopic (exact) mass is 256 g/mol. The second-order valence-electron chi connectivity index (χ2n) is 2.38. The molecule has 0 aliphatic carbocycles. The minimum absolute atomic E-state index is 0.230. The van der Waals surface area contributed by atoms with E-state index in [-0.39, 0.29) is 9.79 Å². The van der Waals surface area contributed by atoms with Gasteiger partial charge in [0.15, 0.2) is 0 Å². The van der Waals surface area contributed by atoms with Gasteiger partial charge in [0.2, 0.25) is 0 Å². The largest absolute Gasteiger partial charge is 0.294 e. The van der Waals surface area contributed by atoms with E-state index in [1.165, 1.54) is 0 Å². The third-order valence-electron chi connectivity index (χ3n) is 1.40. The van der Waals surface area contributed by atoms with E-state index in [9.17, 15) is 16.8 Å². The van der Waals surface area contributed by atoms with Crippen LogP contribution in [0.3, 0.4) is 0 Å². The van der Waals surface area contributed by atoms with Crippen molar-refractivity contribution >= 4 is 29.9 Å². The van der Waals surface area contributed by atoms with Crippen molar-refractivity contribution in [2.24, 2.45) is 0 Å². The van der Waals surface area contributed by atoms with Gasteiger partial charge in [0, 0.05) is 10.7 Å². The lowest BCUT2D eigenvalue weighted by Crippen LogP contribution is -1.98. The average molecular weight is 257 g/mol. The number of hydrogen-bond acceptors (Lipinski definition) is 4. The number of hydrogen-bond donors (Lipinski definition) is 1. The molecule has 8 heteroatoms. The molecule has 1 N–H and O–H groups in total. The quantitative estimate of drug-likeness (QED) is 0.626. The lowest BCUT2D eigenvalue weighted by molar-refractivity contribution is 0.483. The van der Waals surface area contributed by atoms with Crippen LogP contribution in [0.2, 0.25) is 0 Å². The molecule has 1 aromatic carbocycles. The Hall–Kier alpha value is -0.630. The summed E-state index contributed by atoms with van der Waals surface area (Å²) in [6.07, 6.45) is 0. The third kappa shape index (κ3) is 2.68. The van der Waals surface area contributed by atoms with Crippen molar-refractivity contribution < 1.29 is 21.4 Å². The van der Waals surface area contributed by atoms with Crippen LogP contribution in [0.5, 0.6) is 0 Å². The highest BCUT2D eigenvalue weighted by molar-refractivity contribution is 8.13. The first-order valence-electron chi connectivity index (χ1n) is 3.23. The van der Waals surface area contributed by atoms with Crippen LogP contribution in [0.4, 0.5) is 0 Å². The Morgan fingerprint density at radius 2 is 1.29 bits per heavy atom. The van der Waals surface area contributed by atoms with Crippen molar-refractivity contribution in [3.05, 3.63) is 24.3 Å². The van der Waals surface area contributed by atoms with Gasteiger partial charge >= 0.3 is 0 Å². The van der Waals surface area contributed by atoms with Gasteiger partial charge in [-0.1, -0.05) is 0 Å². The molecule has 0 saturated heterocycles. The van der Waals surface area contributed by atoms with Crippen molar-refractivity contribution in [1.82, 2.24) is 0 Å². The van der Waals surface area contributed by atoms with E-state index < -0.39 is 19.2 Å². The van der Waals surface area contributed by atoms with Gasteiger partial charge in [0.1, 0.15) is 0 Å². The molecular formula is C6H5ClO5S2. The molecule has 0 radical (unpaired) electrons. The fourth-order valence-electron chi connectivity index (χ4n) is 0.774. The van der Waals surface area contributed by atoms with Crippen LogP contribution < -0.4 is 0 Å². The summed E-state index contributed by atoms with van der Waals surface area (Å²) < 4.78 is 51.2. The highest BCUT2D eigenvalue weighted by atomic mass is 35.7. The van der Waals surface area contributed by atoms with Crippen LogP contribution in [-0.4, -0.2) is 21.4 Å². The van der Waals surface area contributed by atoms with Gasteiger partial charge in [-0.05, 0) is 24.3 Å². The van der Waals surface area contributed by atoms with E-state index in [0.717, 1.165) is 24.3 Å². The van der Waals surface area contributed by atoms with Gasteiger partial charge < -0.3 is 0 Å². The standard InChI is InChI=1S/C6H5ClO5S2/c7-13(8,9)5-1-3-6(4-2-5)14(10,11)12/h1-4H,(H,10,11,12). The number of benzene rings is 1. The first-order chi connectivity index (χ1) is 6.21. The molecule has 0 aliphatic rings. The summed E-state index contributed by atoms with van der Waals surface area (Å²) >= 11 is 0. The Morgan fingerprint density at radius 1 is 0.929 bits per heavy atom. The molecule has 0 saturated carbocycles. The molecule has 0 fully saturated rings. The van der Waals surface area contributed by atoms with Gasteiger partial charge in [-0.2, -0.15) is 8.42 Å². The smallest absolute Gasteiger partial charge is 0.282 e. The molecule has 0 heterocycles. The lowest BCUT2D eigenvalue weighted by Gasteiger charge is -1.97. The molecule has 1 aromatic rings. The summed E-state index contributed by atoms with van der Waals surface area (Å²) in [4.78, 5) is -0.617. The van der Waals surface area contributed by atoms with Crippen molar-refractivity contribution in [2.45, 2.75) is 9.79 Å². The van der Waals surface area contributed by atoms with Crippen molar-refractivity contribution in [2.75, 3.05) is 0 Å². The van der Waals surface area contributed by atoms with Gasteiger partial charge in [-0.25, -0.2) is 8.42 Å². The van der Waals surface area contributed by atoms with Crippen LogP contribution in [0, 0.1) is 0 Å². The maximum Gasteiger partial charge on any atom is 0.294 e. The third-order valence-corrected chi connectivity index (χ3v) is 3.64. The molecule has 0 aromatic heterocycles. The van der Waals surface area contributed by atoms with Gasteiger partial charge in [-0.3, -0.25) is 4.55 Å². The predicted molar refractivity (Wildman–Crippen MR) is 49.3 cm³/mol. The van der Waals surface area contributed by atoms with Crippen LogP contribution in [0.1, 0.15) is 0 Å². The normalized spacial score (nSPS) is 12.7. The van der Waals surface area contributed by atoms with Crippen molar-refractivity contribution in [3.63, 3.8) is 0 Å². The van der Waals surface area contributed by atoms with E-state index in [1.54, 1.807) is 0 Å². The van der Waals surface area contributed by atoms with E-state index in [1.807, 2.05) is 0 Å². The van der Waals surface area contributed by atoms with Crippen LogP contribution >= 0.6 is 10.7 Å². The Morgan fingerprint density at radius 3 is 1.57 bits per heavy atom. The summed E-state index contributed by atoms with van der Waals surface area (Å²) in [7, 11) is -3.19. The maximum absolute atomic E-state index is 10.7. The molecule has 0 spiro atoms. The molecule has 0 bridgehead atoms. The van der Waals surface area contributed by atoms with Gasteiger partial charge in [0.25, 0.3) is 19.2 Å². The Labute approximate surface area is 85.5 Å². The molecule has 1 rings (SSSR count). The minimum Gasteiger partial charge on any atom is -0.282 e. The molecule has 0 amide bonds. The van der Waals surface area contributed by atoms with Gasteiger partial charge in [-0.15, -0.1) is 0 Å².